The van der Waals surface area contributed by atoms with Crippen molar-refractivity contribution in [1.82, 2.24) is 9.97 Å². The summed E-state index contributed by atoms with van der Waals surface area (Å²) in [5.74, 6) is -0.360. The van der Waals surface area contributed by atoms with Gasteiger partial charge in [-0.25, -0.2) is 9.78 Å². The van der Waals surface area contributed by atoms with Crippen molar-refractivity contribution in [2.24, 2.45) is 0 Å². The molecule has 0 unspecified atom stereocenters. The van der Waals surface area contributed by atoms with Crippen LogP contribution >= 0.6 is 0 Å². The zero-order valence-corrected chi connectivity index (χ0v) is 7.68. The number of aromatic nitrogens is 2. The molecule has 1 fully saturated rings. The summed E-state index contributed by atoms with van der Waals surface area (Å²) >= 11 is 0. The Morgan fingerprint density at radius 2 is 2.07 bits per heavy atom. The van der Waals surface area contributed by atoms with E-state index in [4.69, 9.17) is 5.11 Å². The van der Waals surface area contributed by atoms with E-state index in [2.05, 4.69) is 14.9 Å². The van der Waals surface area contributed by atoms with Gasteiger partial charge in [0.15, 0.2) is 5.69 Å². The van der Waals surface area contributed by atoms with Crippen molar-refractivity contribution < 1.29 is 9.90 Å². The summed E-state index contributed by atoms with van der Waals surface area (Å²) in [6.45, 7) is 1.88. The molecular weight excluding hydrogens is 182 g/mol. The van der Waals surface area contributed by atoms with Crippen LogP contribution in [-0.4, -0.2) is 34.1 Å². The number of rotatable bonds is 2. The average molecular weight is 193 g/mol. The first-order chi connectivity index (χ1) is 6.77. The minimum absolute atomic E-state index is 0.00870. The van der Waals surface area contributed by atoms with Gasteiger partial charge < -0.3 is 10.0 Å². The van der Waals surface area contributed by atoms with Crippen molar-refractivity contribution in [2.45, 2.75) is 12.8 Å². The maximum atomic E-state index is 10.6. The van der Waals surface area contributed by atoms with Crippen LogP contribution in [0.15, 0.2) is 12.4 Å². The Morgan fingerprint density at radius 3 is 2.71 bits per heavy atom. The van der Waals surface area contributed by atoms with Gasteiger partial charge in [-0.15, -0.1) is 0 Å². The minimum Gasteiger partial charge on any atom is -0.476 e. The zero-order chi connectivity index (χ0) is 9.97. The highest BCUT2D eigenvalue weighted by Crippen LogP contribution is 2.16. The van der Waals surface area contributed by atoms with Gasteiger partial charge in [-0.2, -0.15) is 0 Å². The summed E-state index contributed by atoms with van der Waals surface area (Å²) < 4.78 is 0. The second kappa shape index (κ2) is 3.61. The van der Waals surface area contributed by atoms with E-state index in [-0.39, 0.29) is 5.69 Å². The van der Waals surface area contributed by atoms with Gasteiger partial charge in [0.2, 0.25) is 0 Å². The Labute approximate surface area is 81.4 Å². The first-order valence-electron chi connectivity index (χ1n) is 4.57. The van der Waals surface area contributed by atoms with Crippen LogP contribution in [0.3, 0.4) is 0 Å². The highest BCUT2D eigenvalue weighted by atomic mass is 16.4. The van der Waals surface area contributed by atoms with E-state index in [0.29, 0.717) is 5.82 Å². The lowest BCUT2D eigenvalue weighted by atomic mass is 10.4. The fourth-order valence-corrected chi connectivity index (χ4v) is 1.56. The molecule has 14 heavy (non-hydrogen) atoms. The molecule has 0 saturated carbocycles. The van der Waals surface area contributed by atoms with Gasteiger partial charge in [0, 0.05) is 13.1 Å². The SMILES string of the molecule is O=C(O)c1cncc(N2CCCC2)n1. The smallest absolute Gasteiger partial charge is 0.356 e. The molecule has 1 aromatic heterocycles. The number of anilines is 1. The molecule has 0 radical (unpaired) electrons. The summed E-state index contributed by atoms with van der Waals surface area (Å²) in [7, 11) is 0. The topological polar surface area (TPSA) is 66.3 Å². The quantitative estimate of drug-likeness (QED) is 0.751. The molecule has 0 amide bonds. The molecule has 1 aromatic rings. The number of carboxylic acids is 1. The molecule has 5 nitrogen and oxygen atoms in total. The van der Waals surface area contributed by atoms with Gasteiger partial charge in [0.1, 0.15) is 5.82 Å². The van der Waals surface area contributed by atoms with E-state index in [1.807, 2.05) is 0 Å². The van der Waals surface area contributed by atoms with Gasteiger partial charge in [0.05, 0.1) is 12.4 Å². The highest BCUT2D eigenvalue weighted by molar-refractivity contribution is 5.85. The molecule has 2 rings (SSSR count). The lowest BCUT2D eigenvalue weighted by Crippen LogP contribution is -2.20. The zero-order valence-electron chi connectivity index (χ0n) is 7.68. The highest BCUT2D eigenvalue weighted by Gasteiger charge is 2.15. The van der Waals surface area contributed by atoms with Crippen molar-refractivity contribution in [3.8, 4) is 0 Å². The van der Waals surface area contributed by atoms with E-state index in [9.17, 15) is 4.79 Å². The number of hydrogen-bond donors (Lipinski definition) is 1. The molecule has 0 bridgehead atoms. The monoisotopic (exact) mass is 193 g/mol. The van der Waals surface area contributed by atoms with Crippen molar-refractivity contribution in [2.75, 3.05) is 18.0 Å². The van der Waals surface area contributed by atoms with E-state index in [0.717, 1.165) is 25.9 Å². The largest absolute Gasteiger partial charge is 0.476 e. The van der Waals surface area contributed by atoms with E-state index in [1.165, 1.54) is 6.20 Å². The van der Waals surface area contributed by atoms with Gasteiger partial charge in [-0.1, -0.05) is 0 Å². The van der Waals surface area contributed by atoms with Gasteiger partial charge >= 0.3 is 5.97 Å². The second-order valence-electron chi connectivity index (χ2n) is 3.26. The number of carbonyl (C=O) groups is 1. The maximum Gasteiger partial charge on any atom is 0.356 e. The molecule has 1 aliphatic rings. The average Bonchev–Trinajstić information content (AvgIpc) is 2.71. The van der Waals surface area contributed by atoms with Crippen molar-refractivity contribution >= 4 is 11.8 Å². The van der Waals surface area contributed by atoms with Crippen LogP contribution < -0.4 is 4.90 Å². The molecule has 0 spiro atoms. The van der Waals surface area contributed by atoms with Gasteiger partial charge in [-0.3, -0.25) is 4.98 Å². The van der Waals surface area contributed by atoms with E-state index < -0.39 is 5.97 Å². The maximum absolute atomic E-state index is 10.6. The Balaban J connectivity index is 2.25. The molecule has 0 aromatic carbocycles. The number of aromatic carboxylic acids is 1. The second-order valence-corrected chi connectivity index (χ2v) is 3.26. The lowest BCUT2D eigenvalue weighted by Gasteiger charge is -2.15. The third-order valence-corrected chi connectivity index (χ3v) is 2.27. The fraction of sp³-hybridized carbons (Fsp3) is 0.444. The third kappa shape index (κ3) is 1.66. The van der Waals surface area contributed by atoms with Crippen LogP contribution in [0, 0.1) is 0 Å². The van der Waals surface area contributed by atoms with Crippen LogP contribution in [0.1, 0.15) is 23.3 Å². The van der Waals surface area contributed by atoms with Crippen LogP contribution in [-0.2, 0) is 0 Å². The molecule has 1 saturated heterocycles. The lowest BCUT2D eigenvalue weighted by molar-refractivity contribution is 0.0690. The van der Waals surface area contributed by atoms with Gasteiger partial charge in [-0.05, 0) is 12.8 Å². The summed E-state index contributed by atoms with van der Waals surface area (Å²) in [6, 6.07) is 0. The molecule has 1 aliphatic heterocycles. The van der Waals surface area contributed by atoms with Crippen molar-refractivity contribution in [3.05, 3.63) is 18.1 Å². The number of hydrogen-bond acceptors (Lipinski definition) is 4. The molecule has 0 atom stereocenters. The Morgan fingerprint density at radius 1 is 1.36 bits per heavy atom. The first kappa shape index (κ1) is 8.93. The Hall–Kier alpha value is -1.65. The predicted octanol–water partition coefficient (Wildman–Crippen LogP) is 0.775. The van der Waals surface area contributed by atoms with E-state index >= 15 is 0 Å². The number of nitrogens with zero attached hydrogens (tertiary/aromatic N) is 3. The number of carboxylic acid groups (broad SMARTS) is 1. The normalized spacial score (nSPS) is 15.9. The fourth-order valence-electron chi connectivity index (χ4n) is 1.56. The Bertz CT molecular complexity index is 348. The molecule has 74 valence electrons. The minimum atomic E-state index is -1.03. The molecule has 5 heteroatoms. The van der Waals surface area contributed by atoms with Crippen LogP contribution in [0.2, 0.25) is 0 Å². The van der Waals surface area contributed by atoms with E-state index in [1.54, 1.807) is 6.20 Å². The summed E-state index contributed by atoms with van der Waals surface area (Å²) in [6.07, 6.45) is 5.15. The standard InChI is InChI=1S/C9H11N3O2/c13-9(14)7-5-10-6-8(11-7)12-3-1-2-4-12/h5-6H,1-4H2,(H,13,14). The van der Waals surface area contributed by atoms with Crippen LogP contribution in [0.4, 0.5) is 5.82 Å². The first-order valence-corrected chi connectivity index (χ1v) is 4.57. The summed E-state index contributed by atoms with van der Waals surface area (Å²) in [4.78, 5) is 20.6. The third-order valence-electron chi connectivity index (χ3n) is 2.27. The molecular formula is C9H11N3O2. The van der Waals surface area contributed by atoms with Crippen molar-refractivity contribution in [3.63, 3.8) is 0 Å². The van der Waals surface area contributed by atoms with Gasteiger partial charge in [0.25, 0.3) is 0 Å². The summed E-state index contributed by atoms with van der Waals surface area (Å²) in [5.41, 5.74) is 0.00870. The summed E-state index contributed by atoms with van der Waals surface area (Å²) in [5, 5.41) is 8.73. The predicted molar refractivity (Wildman–Crippen MR) is 50.4 cm³/mol. The molecule has 1 N–H and O–H groups in total. The van der Waals surface area contributed by atoms with Crippen LogP contribution in [0.5, 0.6) is 0 Å². The Kier molecular flexibility index (Phi) is 2.30. The van der Waals surface area contributed by atoms with Crippen LogP contribution in [0.25, 0.3) is 0 Å². The molecule has 0 aliphatic carbocycles. The van der Waals surface area contributed by atoms with Crippen molar-refractivity contribution in [1.29, 1.82) is 0 Å². The molecule has 2 heterocycles.